The summed E-state index contributed by atoms with van der Waals surface area (Å²) in [6.45, 7) is -0.426. The van der Waals surface area contributed by atoms with Crippen LogP contribution in [0.15, 0.2) is 59.5 Å². The van der Waals surface area contributed by atoms with E-state index in [1.165, 1.54) is 23.1 Å². The van der Waals surface area contributed by atoms with E-state index >= 15 is 0 Å². The zero-order valence-electron chi connectivity index (χ0n) is 18.6. The van der Waals surface area contributed by atoms with E-state index in [-0.39, 0.29) is 36.2 Å². The van der Waals surface area contributed by atoms with Crippen LogP contribution in [0.4, 0.5) is 23.2 Å². The van der Waals surface area contributed by atoms with E-state index in [1.807, 2.05) is 0 Å². The summed E-state index contributed by atoms with van der Waals surface area (Å²) in [5, 5.41) is 1.68. The summed E-state index contributed by atoms with van der Waals surface area (Å²) in [6.07, 6.45) is -0.248. The largest absolute Gasteiger partial charge is 0.370 e. The van der Waals surface area contributed by atoms with Crippen molar-refractivity contribution in [1.29, 1.82) is 0 Å². The number of rotatable bonds is 7. The van der Waals surface area contributed by atoms with Crippen LogP contribution < -0.4 is 16.0 Å². The Bertz CT molecular complexity index is 1350. The molecule has 11 heteroatoms. The molecule has 36 heavy (non-hydrogen) atoms. The molecule has 3 amide bonds. The molecular weight excluding hydrogens is 498 g/mol. The Balaban J connectivity index is 1.63. The molecule has 3 aromatic carbocycles. The Morgan fingerprint density at radius 3 is 2.33 bits per heavy atom. The van der Waals surface area contributed by atoms with Gasteiger partial charge in [0.25, 0.3) is 5.91 Å². The summed E-state index contributed by atoms with van der Waals surface area (Å²) in [5.41, 5.74) is 5.97. The van der Waals surface area contributed by atoms with E-state index in [1.54, 1.807) is 6.07 Å². The van der Waals surface area contributed by atoms with Crippen LogP contribution in [0.1, 0.15) is 27.9 Å². The number of carbonyl (C=O) groups is 3. The maximum absolute atomic E-state index is 13.9. The van der Waals surface area contributed by atoms with Crippen molar-refractivity contribution in [3.63, 3.8) is 0 Å². The highest BCUT2D eigenvalue weighted by molar-refractivity contribution is 8.01. The van der Waals surface area contributed by atoms with Gasteiger partial charge in [-0.15, -0.1) is 11.8 Å². The molecule has 1 heterocycles. The molecule has 0 saturated carbocycles. The number of fused-ring (bicyclic) bond motifs is 1. The van der Waals surface area contributed by atoms with E-state index in [0.717, 1.165) is 30.0 Å². The van der Waals surface area contributed by atoms with Gasteiger partial charge in [0.1, 0.15) is 23.3 Å². The van der Waals surface area contributed by atoms with Gasteiger partial charge in [-0.25, -0.2) is 17.6 Å². The van der Waals surface area contributed by atoms with Gasteiger partial charge in [-0.2, -0.15) is 0 Å². The molecule has 3 aromatic rings. The Labute approximate surface area is 207 Å². The number of nitrogens with zero attached hydrogens (tertiary/aromatic N) is 1. The predicted molar refractivity (Wildman–Crippen MR) is 125 cm³/mol. The van der Waals surface area contributed by atoms with Gasteiger partial charge in [-0.3, -0.25) is 14.4 Å². The number of halogens is 4. The third kappa shape index (κ3) is 5.68. The van der Waals surface area contributed by atoms with Crippen molar-refractivity contribution in [3.05, 3.63) is 94.6 Å². The quantitative estimate of drug-likeness (QED) is 0.463. The molecule has 3 N–H and O–H groups in total. The van der Waals surface area contributed by atoms with Gasteiger partial charge in [-0.1, -0.05) is 6.07 Å². The van der Waals surface area contributed by atoms with Crippen molar-refractivity contribution in [2.75, 3.05) is 4.90 Å². The van der Waals surface area contributed by atoms with Crippen molar-refractivity contribution < 1.29 is 31.9 Å². The molecule has 1 atom stereocenters. The van der Waals surface area contributed by atoms with Gasteiger partial charge in [0.2, 0.25) is 11.8 Å². The minimum absolute atomic E-state index is 0.0810. The molecule has 0 aromatic heterocycles. The smallest absolute Gasteiger partial charge is 0.251 e. The number of anilines is 1. The fraction of sp³-hybridized carbons (Fsp3) is 0.160. The fourth-order valence-electron chi connectivity index (χ4n) is 3.77. The second-order valence-electron chi connectivity index (χ2n) is 8.08. The maximum Gasteiger partial charge on any atom is 0.251 e. The average molecular weight is 518 g/mol. The number of nitrogens with two attached hydrogens (primary N) is 1. The third-order valence-corrected chi connectivity index (χ3v) is 6.68. The SMILES string of the molecule is NC(=O)CC1Sc2ccc(C(=O)NCc3ccc(F)cc3F)cc2N(Cc2cc(F)cc(F)c2)C1=O. The Morgan fingerprint density at radius 2 is 1.67 bits per heavy atom. The Kier molecular flexibility index (Phi) is 7.30. The van der Waals surface area contributed by atoms with Crippen LogP contribution in [0.25, 0.3) is 0 Å². The number of primary amides is 1. The molecule has 6 nitrogen and oxygen atoms in total. The monoisotopic (exact) mass is 517 g/mol. The fourth-order valence-corrected chi connectivity index (χ4v) is 4.99. The maximum atomic E-state index is 13.9. The van der Waals surface area contributed by atoms with Gasteiger partial charge in [0, 0.05) is 41.1 Å². The van der Waals surface area contributed by atoms with Crippen LogP contribution in [0.5, 0.6) is 0 Å². The molecule has 0 saturated heterocycles. The van der Waals surface area contributed by atoms with E-state index in [4.69, 9.17) is 5.73 Å². The molecule has 0 radical (unpaired) electrons. The molecule has 1 unspecified atom stereocenters. The summed E-state index contributed by atoms with van der Waals surface area (Å²) in [4.78, 5) is 39.2. The number of carbonyl (C=O) groups excluding carboxylic acids is 3. The number of benzene rings is 3. The van der Waals surface area contributed by atoms with Crippen molar-refractivity contribution in [2.24, 2.45) is 5.73 Å². The second kappa shape index (κ2) is 10.4. The molecular formula is C25H19F4N3O3S. The van der Waals surface area contributed by atoms with Crippen LogP contribution in [0, 0.1) is 23.3 Å². The zero-order valence-corrected chi connectivity index (χ0v) is 19.4. The van der Waals surface area contributed by atoms with E-state index < -0.39 is 46.2 Å². The van der Waals surface area contributed by atoms with Crippen molar-refractivity contribution in [2.45, 2.75) is 29.7 Å². The number of nitrogens with one attached hydrogen (secondary N) is 1. The normalized spacial score (nSPS) is 14.9. The van der Waals surface area contributed by atoms with Crippen molar-refractivity contribution >= 4 is 35.2 Å². The molecule has 0 spiro atoms. The Hall–Kier alpha value is -3.86. The standard InChI is InChI=1S/C25H19F4N3O3S/c26-16-3-1-15(19(29)9-16)11-31-24(34)14-2-4-21-20(7-14)32(25(35)22(36-21)10-23(30)33)12-13-5-17(27)8-18(28)6-13/h1-9,22H,10-12H2,(H2,30,33)(H,31,34). The summed E-state index contributed by atoms with van der Waals surface area (Å²) in [6, 6.07) is 10.3. The van der Waals surface area contributed by atoms with Crippen LogP contribution >= 0.6 is 11.8 Å². The lowest BCUT2D eigenvalue weighted by Crippen LogP contribution is -2.42. The highest BCUT2D eigenvalue weighted by atomic mass is 32.2. The average Bonchev–Trinajstić information content (AvgIpc) is 2.80. The van der Waals surface area contributed by atoms with Gasteiger partial charge >= 0.3 is 0 Å². The van der Waals surface area contributed by atoms with Crippen LogP contribution in [-0.4, -0.2) is 23.0 Å². The van der Waals surface area contributed by atoms with Gasteiger partial charge in [0.05, 0.1) is 17.5 Å². The van der Waals surface area contributed by atoms with Crippen LogP contribution in [0.3, 0.4) is 0 Å². The van der Waals surface area contributed by atoms with Crippen LogP contribution in [0.2, 0.25) is 0 Å². The minimum Gasteiger partial charge on any atom is -0.370 e. The lowest BCUT2D eigenvalue weighted by atomic mass is 10.1. The van der Waals surface area contributed by atoms with Gasteiger partial charge < -0.3 is 16.0 Å². The topological polar surface area (TPSA) is 92.5 Å². The van der Waals surface area contributed by atoms with E-state index in [9.17, 15) is 31.9 Å². The molecule has 0 bridgehead atoms. The predicted octanol–water partition coefficient (Wildman–Crippen LogP) is 4.06. The van der Waals surface area contributed by atoms with Crippen molar-refractivity contribution in [3.8, 4) is 0 Å². The molecule has 0 fully saturated rings. The van der Waals surface area contributed by atoms with E-state index in [0.29, 0.717) is 22.7 Å². The number of thioether (sulfide) groups is 1. The van der Waals surface area contributed by atoms with E-state index in [2.05, 4.69) is 5.32 Å². The summed E-state index contributed by atoms with van der Waals surface area (Å²) >= 11 is 1.09. The first-order valence-corrected chi connectivity index (χ1v) is 11.6. The first-order chi connectivity index (χ1) is 17.1. The van der Waals surface area contributed by atoms with Crippen molar-refractivity contribution in [1.82, 2.24) is 5.32 Å². The summed E-state index contributed by atoms with van der Waals surface area (Å²) in [5.74, 6) is -4.98. The van der Waals surface area contributed by atoms with Crippen LogP contribution in [-0.2, 0) is 22.7 Å². The lowest BCUT2D eigenvalue weighted by molar-refractivity contribution is -0.123. The molecule has 0 aliphatic carbocycles. The molecule has 4 rings (SSSR count). The number of amides is 3. The lowest BCUT2D eigenvalue weighted by Gasteiger charge is -2.33. The minimum atomic E-state index is -0.852. The molecule has 1 aliphatic rings. The molecule has 186 valence electrons. The number of hydrogen-bond acceptors (Lipinski definition) is 4. The first-order valence-electron chi connectivity index (χ1n) is 10.7. The molecule has 1 aliphatic heterocycles. The summed E-state index contributed by atoms with van der Waals surface area (Å²) in [7, 11) is 0. The second-order valence-corrected chi connectivity index (χ2v) is 9.32. The highest BCUT2D eigenvalue weighted by Crippen LogP contribution is 2.41. The zero-order chi connectivity index (χ0) is 26.0. The van der Waals surface area contributed by atoms with Gasteiger partial charge in [-0.05, 0) is 42.0 Å². The highest BCUT2D eigenvalue weighted by Gasteiger charge is 2.35. The first kappa shape index (κ1) is 25.2. The Morgan fingerprint density at radius 1 is 0.944 bits per heavy atom. The summed E-state index contributed by atoms with van der Waals surface area (Å²) < 4.78 is 54.5. The van der Waals surface area contributed by atoms with Gasteiger partial charge in [0.15, 0.2) is 0 Å². The number of hydrogen-bond donors (Lipinski definition) is 2. The third-order valence-electron chi connectivity index (χ3n) is 5.43.